The molecule has 5 heteroatoms. The Morgan fingerprint density at radius 2 is 2.18 bits per heavy atom. The summed E-state index contributed by atoms with van der Waals surface area (Å²) in [4.78, 5) is 15.6. The molecule has 1 N–H and O–H groups in total. The predicted octanol–water partition coefficient (Wildman–Crippen LogP) is 3.12. The van der Waals surface area contributed by atoms with Crippen molar-refractivity contribution < 1.29 is 9.90 Å². The van der Waals surface area contributed by atoms with Crippen LogP contribution in [0.4, 0.5) is 0 Å². The van der Waals surface area contributed by atoms with Crippen LogP contribution in [-0.4, -0.2) is 20.5 Å². The number of aromatic carboxylic acids is 1. The number of aromatic nitrogens is 2. The van der Waals surface area contributed by atoms with Gasteiger partial charge in [-0.2, -0.15) is 0 Å². The molecule has 2 aromatic rings. The molecule has 0 unspecified atom stereocenters. The number of fused-ring (bicyclic) bond motifs is 1. The maximum absolute atomic E-state index is 11.3. The lowest BCUT2D eigenvalue weighted by Crippen LogP contribution is -2.06. The first-order chi connectivity index (χ1) is 7.91. The van der Waals surface area contributed by atoms with Crippen molar-refractivity contribution in [3.63, 3.8) is 0 Å². The van der Waals surface area contributed by atoms with E-state index in [-0.39, 0.29) is 11.6 Å². The minimum absolute atomic E-state index is 0.0392. The highest BCUT2D eigenvalue weighted by molar-refractivity contribution is 6.33. The van der Waals surface area contributed by atoms with E-state index in [2.05, 4.69) is 4.98 Å². The highest BCUT2D eigenvalue weighted by Crippen LogP contribution is 2.25. The summed E-state index contributed by atoms with van der Waals surface area (Å²) in [5.74, 6) is -0.944. The summed E-state index contributed by atoms with van der Waals surface area (Å²) in [5.41, 5.74) is 2.15. The second-order valence-electron chi connectivity index (χ2n) is 4.36. The average Bonchev–Trinajstić information content (AvgIpc) is 2.56. The van der Waals surface area contributed by atoms with Crippen LogP contribution < -0.4 is 0 Å². The van der Waals surface area contributed by atoms with Gasteiger partial charge < -0.3 is 5.11 Å². The molecule has 17 heavy (non-hydrogen) atoms. The van der Waals surface area contributed by atoms with Crippen molar-refractivity contribution in [3.8, 4) is 0 Å². The van der Waals surface area contributed by atoms with Crippen molar-refractivity contribution in [2.24, 2.45) is 0 Å². The Kier molecular flexibility index (Phi) is 2.83. The number of aryl methyl sites for hydroxylation is 1. The zero-order valence-corrected chi connectivity index (χ0v) is 10.6. The largest absolute Gasteiger partial charge is 0.477 e. The van der Waals surface area contributed by atoms with Crippen molar-refractivity contribution in [1.29, 1.82) is 0 Å². The van der Waals surface area contributed by atoms with Crippen molar-refractivity contribution in [2.45, 2.75) is 26.7 Å². The number of carboxylic acids is 1. The van der Waals surface area contributed by atoms with E-state index in [4.69, 9.17) is 11.6 Å². The van der Waals surface area contributed by atoms with E-state index in [1.807, 2.05) is 20.8 Å². The topological polar surface area (TPSA) is 54.6 Å². The number of hydrogen-bond donors (Lipinski definition) is 1. The fourth-order valence-corrected chi connectivity index (χ4v) is 2.17. The molecule has 0 saturated carbocycles. The summed E-state index contributed by atoms with van der Waals surface area (Å²) in [5, 5.41) is 9.75. The van der Waals surface area contributed by atoms with E-state index in [9.17, 15) is 9.90 Å². The smallest absolute Gasteiger partial charge is 0.354 e. The third kappa shape index (κ3) is 1.89. The first-order valence-corrected chi connectivity index (χ1v) is 5.71. The SMILES string of the molecule is Cc1cc(Cl)c2nc(C(C)C)c(C(=O)O)n2c1. The first-order valence-electron chi connectivity index (χ1n) is 5.33. The summed E-state index contributed by atoms with van der Waals surface area (Å²) in [7, 11) is 0. The maximum Gasteiger partial charge on any atom is 0.354 e. The van der Waals surface area contributed by atoms with E-state index in [0.29, 0.717) is 16.4 Å². The van der Waals surface area contributed by atoms with Gasteiger partial charge in [0.2, 0.25) is 0 Å². The lowest BCUT2D eigenvalue weighted by molar-refractivity contribution is 0.0687. The van der Waals surface area contributed by atoms with Gasteiger partial charge in [0, 0.05) is 6.20 Å². The number of rotatable bonds is 2. The molecule has 2 aromatic heterocycles. The fourth-order valence-electron chi connectivity index (χ4n) is 1.86. The Balaban J connectivity index is 2.90. The molecule has 0 amide bonds. The highest BCUT2D eigenvalue weighted by Gasteiger charge is 2.21. The van der Waals surface area contributed by atoms with E-state index in [1.54, 1.807) is 16.7 Å². The summed E-state index contributed by atoms with van der Waals surface area (Å²) < 4.78 is 1.55. The van der Waals surface area contributed by atoms with Gasteiger partial charge in [0.1, 0.15) is 0 Å². The average molecular weight is 253 g/mol. The summed E-state index contributed by atoms with van der Waals surface area (Å²) >= 11 is 6.08. The maximum atomic E-state index is 11.3. The normalized spacial score (nSPS) is 11.4. The molecule has 90 valence electrons. The molecule has 0 saturated heterocycles. The van der Waals surface area contributed by atoms with Gasteiger partial charge in [-0.3, -0.25) is 4.40 Å². The van der Waals surface area contributed by atoms with Crippen molar-refractivity contribution in [3.05, 3.63) is 34.2 Å². The van der Waals surface area contributed by atoms with E-state index < -0.39 is 5.97 Å². The lowest BCUT2D eigenvalue weighted by atomic mass is 10.1. The lowest BCUT2D eigenvalue weighted by Gasteiger charge is -2.03. The molecule has 0 spiro atoms. The predicted molar refractivity (Wildman–Crippen MR) is 66.0 cm³/mol. The highest BCUT2D eigenvalue weighted by atomic mass is 35.5. The molecular formula is C12H13ClN2O2. The fraction of sp³-hybridized carbons (Fsp3) is 0.333. The van der Waals surface area contributed by atoms with Crippen LogP contribution in [0, 0.1) is 6.92 Å². The van der Waals surface area contributed by atoms with E-state index in [0.717, 1.165) is 5.56 Å². The number of hydrogen-bond acceptors (Lipinski definition) is 2. The number of imidazole rings is 1. The number of halogens is 1. The molecule has 0 radical (unpaired) electrons. The molecule has 0 bridgehead atoms. The van der Waals surface area contributed by atoms with E-state index >= 15 is 0 Å². The number of pyridine rings is 1. The second-order valence-corrected chi connectivity index (χ2v) is 4.77. The van der Waals surface area contributed by atoms with Crippen molar-refractivity contribution >= 4 is 23.2 Å². The van der Waals surface area contributed by atoms with Crippen LogP contribution in [0.2, 0.25) is 5.02 Å². The van der Waals surface area contributed by atoms with Gasteiger partial charge in [0.25, 0.3) is 0 Å². The van der Waals surface area contributed by atoms with Crippen LogP contribution in [0.3, 0.4) is 0 Å². The minimum Gasteiger partial charge on any atom is -0.477 e. The number of carbonyl (C=O) groups is 1. The molecule has 4 nitrogen and oxygen atoms in total. The molecule has 0 aliphatic heterocycles. The van der Waals surface area contributed by atoms with Crippen LogP contribution >= 0.6 is 11.6 Å². The van der Waals surface area contributed by atoms with Gasteiger partial charge in [-0.1, -0.05) is 25.4 Å². The Hall–Kier alpha value is -1.55. The molecule has 0 atom stereocenters. The molecule has 0 aliphatic carbocycles. The Morgan fingerprint density at radius 3 is 2.71 bits per heavy atom. The van der Waals surface area contributed by atoms with Crippen molar-refractivity contribution in [1.82, 2.24) is 9.38 Å². The van der Waals surface area contributed by atoms with Crippen LogP contribution in [0.15, 0.2) is 12.3 Å². The zero-order valence-electron chi connectivity index (χ0n) is 9.86. The summed E-state index contributed by atoms with van der Waals surface area (Å²) in [6.07, 6.45) is 1.74. The Morgan fingerprint density at radius 1 is 1.53 bits per heavy atom. The second kappa shape index (κ2) is 4.04. The molecule has 0 fully saturated rings. The first kappa shape index (κ1) is 11.9. The van der Waals surface area contributed by atoms with Gasteiger partial charge in [0.15, 0.2) is 11.3 Å². The third-order valence-electron chi connectivity index (χ3n) is 2.59. The Bertz CT molecular complexity index is 602. The van der Waals surface area contributed by atoms with Crippen LogP contribution in [0.5, 0.6) is 0 Å². The van der Waals surface area contributed by atoms with Gasteiger partial charge in [-0.25, -0.2) is 9.78 Å². The van der Waals surface area contributed by atoms with Crippen LogP contribution in [0.1, 0.15) is 41.5 Å². The molecule has 0 aliphatic rings. The van der Waals surface area contributed by atoms with Gasteiger partial charge >= 0.3 is 5.97 Å². The molecule has 0 aromatic carbocycles. The number of carboxylic acid groups (broad SMARTS) is 1. The molecule has 2 rings (SSSR count). The van der Waals surface area contributed by atoms with Crippen molar-refractivity contribution in [2.75, 3.05) is 0 Å². The zero-order chi connectivity index (χ0) is 12.7. The van der Waals surface area contributed by atoms with Gasteiger partial charge in [0.05, 0.1) is 10.7 Å². The summed E-state index contributed by atoms with van der Waals surface area (Å²) in [6, 6.07) is 1.78. The molecular weight excluding hydrogens is 240 g/mol. The quantitative estimate of drug-likeness (QED) is 0.893. The van der Waals surface area contributed by atoms with Crippen LogP contribution in [0.25, 0.3) is 5.65 Å². The van der Waals surface area contributed by atoms with Crippen LogP contribution in [-0.2, 0) is 0 Å². The van der Waals surface area contributed by atoms with Gasteiger partial charge in [-0.15, -0.1) is 0 Å². The summed E-state index contributed by atoms with van der Waals surface area (Å²) in [6.45, 7) is 5.69. The number of nitrogens with zero attached hydrogens (tertiary/aromatic N) is 2. The van der Waals surface area contributed by atoms with Gasteiger partial charge in [-0.05, 0) is 24.5 Å². The Labute approximate surface area is 104 Å². The third-order valence-corrected chi connectivity index (χ3v) is 2.87. The van der Waals surface area contributed by atoms with E-state index in [1.165, 1.54) is 0 Å². The minimum atomic E-state index is -0.983. The standard InChI is InChI=1S/C12H13ClN2O2/c1-6(2)9-10(12(16)17)15-5-7(3)4-8(13)11(15)14-9/h4-6H,1-3H3,(H,16,17). The monoisotopic (exact) mass is 252 g/mol. The molecule has 2 heterocycles.